The number of nitrogens with zero attached hydrogens (tertiary/aromatic N) is 2. The minimum absolute atomic E-state index is 0.0135. The predicted octanol–water partition coefficient (Wildman–Crippen LogP) is 3.45. The molecule has 136 valence electrons. The van der Waals surface area contributed by atoms with E-state index in [4.69, 9.17) is 5.26 Å². The van der Waals surface area contributed by atoms with E-state index < -0.39 is 39.4 Å². The molecule has 2 bridgehead atoms. The van der Waals surface area contributed by atoms with Crippen molar-refractivity contribution >= 4 is 16.5 Å². The van der Waals surface area contributed by atoms with Crippen LogP contribution in [0.15, 0.2) is 18.2 Å². The summed E-state index contributed by atoms with van der Waals surface area (Å²) in [5.41, 5.74) is -1.53. The number of rotatable bonds is 1. The summed E-state index contributed by atoms with van der Waals surface area (Å²) in [4.78, 5) is 0. The van der Waals surface area contributed by atoms with Crippen LogP contribution in [0.4, 0.5) is 18.9 Å². The normalized spacial score (nSPS) is 37.0. The molecule has 1 aromatic carbocycles. The highest BCUT2D eigenvalue weighted by Crippen LogP contribution is 2.69. The summed E-state index contributed by atoms with van der Waals surface area (Å²) in [7, 11) is -3.28. The second-order valence-electron chi connectivity index (χ2n) is 7.05. The Labute approximate surface area is 144 Å². The van der Waals surface area contributed by atoms with Gasteiger partial charge in [0.1, 0.15) is 0 Å². The third-order valence-electron chi connectivity index (χ3n) is 5.83. The fraction of sp³-hybridized carbons (Fsp3) is 0.562. The fourth-order valence-electron chi connectivity index (χ4n) is 4.87. The van der Waals surface area contributed by atoms with Gasteiger partial charge in [-0.15, -0.1) is 10.8 Å². The molecular formula is C16H17F3N2O3S. The number of fused-ring (bicyclic) bond motifs is 5. The first-order valence-electron chi connectivity index (χ1n) is 7.98. The molecule has 0 radical (unpaired) electrons. The van der Waals surface area contributed by atoms with Crippen LogP contribution in [-0.2, 0) is 6.18 Å². The SMILES string of the molecule is N#Cc1ccc(N2C[C@H]3[C@@H]4C[C@@H](C[C@H]4O)[C@H]3S2(O)O)cc1C(F)(F)F. The van der Waals surface area contributed by atoms with E-state index in [0.717, 1.165) is 18.6 Å². The monoisotopic (exact) mass is 374 g/mol. The molecule has 3 N–H and O–H groups in total. The zero-order valence-corrected chi connectivity index (χ0v) is 13.8. The number of benzene rings is 1. The average molecular weight is 374 g/mol. The largest absolute Gasteiger partial charge is 0.417 e. The van der Waals surface area contributed by atoms with E-state index >= 15 is 0 Å². The first kappa shape index (κ1) is 17.0. The summed E-state index contributed by atoms with van der Waals surface area (Å²) in [6.45, 7) is 0.203. The Morgan fingerprint density at radius 2 is 1.92 bits per heavy atom. The van der Waals surface area contributed by atoms with Gasteiger partial charge in [-0.2, -0.15) is 18.4 Å². The first-order chi connectivity index (χ1) is 11.6. The van der Waals surface area contributed by atoms with Crippen molar-refractivity contribution in [2.75, 3.05) is 10.8 Å². The van der Waals surface area contributed by atoms with Gasteiger partial charge < -0.3 is 5.11 Å². The fourth-order valence-corrected chi connectivity index (χ4v) is 7.47. The van der Waals surface area contributed by atoms with Gasteiger partial charge in [0.25, 0.3) is 0 Å². The second-order valence-corrected chi connectivity index (χ2v) is 9.16. The topological polar surface area (TPSA) is 87.7 Å². The van der Waals surface area contributed by atoms with Crippen molar-refractivity contribution in [1.82, 2.24) is 0 Å². The van der Waals surface area contributed by atoms with E-state index in [-0.39, 0.29) is 30.0 Å². The smallest absolute Gasteiger partial charge is 0.393 e. The number of hydrogen-bond acceptors (Lipinski definition) is 5. The molecule has 0 spiro atoms. The number of anilines is 1. The molecule has 25 heavy (non-hydrogen) atoms. The van der Waals surface area contributed by atoms with Gasteiger partial charge in [-0.3, -0.25) is 13.4 Å². The minimum atomic E-state index is -4.70. The average Bonchev–Trinajstić information content (AvgIpc) is 3.15. The Hall–Kier alpha value is -1.47. The van der Waals surface area contributed by atoms with Crippen molar-refractivity contribution in [1.29, 1.82) is 5.26 Å². The van der Waals surface area contributed by atoms with Gasteiger partial charge in [0.2, 0.25) is 0 Å². The van der Waals surface area contributed by atoms with E-state index in [9.17, 15) is 27.4 Å². The predicted molar refractivity (Wildman–Crippen MR) is 85.9 cm³/mol. The van der Waals surface area contributed by atoms with E-state index in [2.05, 4.69) is 0 Å². The first-order valence-corrected chi connectivity index (χ1v) is 9.55. The number of halogens is 3. The summed E-state index contributed by atoms with van der Waals surface area (Å²) >= 11 is 0. The van der Waals surface area contributed by atoms with E-state index in [1.807, 2.05) is 0 Å². The van der Waals surface area contributed by atoms with Crippen LogP contribution in [0.3, 0.4) is 0 Å². The summed E-state index contributed by atoms with van der Waals surface area (Å²) in [6, 6.07) is 4.71. The molecule has 5 nitrogen and oxygen atoms in total. The number of aliphatic hydroxyl groups excluding tert-OH is 1. The summed E-state index contributed by atoms with van der Waals surface area (Å²) in [5.74, 6) is -0.184. The van der Waals surface area contributed by atoms with E-state index in [1.54, 1.807) is 0 Å². The molecule has 0 aromatic heterocycles. The minimum Gasteiger partial charge on any atom is -0.393 e. The Kier molecular flexibility index (Phi) is 3.57. The van der Waals surface area contributed by atoms with Gasteiger partial charge in [-0.25, -0.2) is 0 Å². The molecule has 1 saturated heterocycles. The molecule has 5 atom stereocenters. The lowest BCUT2D eigenvalue weighted by Gasteiger charge is -2.44. The zero-order valence-electron chi connectivity index (χ0n) is 13.0. The van der Waals surface area contributed by atoms with Crippen LogP contribution in [0.5, 0.6) is 0 Å². The van der Waals surface area contributed by atoms with Crippen molar-refractivity contribution in [3.05, 3.63) is 29.3 Å². The number of hydrogen-bond donors (Lipinski definition) is 3. The maximum Gasteiger partial charge on any atom is 0.417 e. The highest BCUT2D eigenvalue weighted by Gasteiger charge is 2.62. The molecule has 2 saturated carbocycles. The third-order valence-corrected chi connectivity index (χ3v) is 8.31. The van der Waals surface area contributed by atoms with Gasteiger partial charge in [0, 0.05) is 12.5 Å². The van der Waals surface area contributed by atoms with Crippen molar-refractivity contribution in [2.45, 2.75) is 30.4 Å². The third kappa shape index (κ3) is 2.35. The lowest BCUT2D eigenvalue weighted by molar-refractivity contribution is -0.137. The van der Waals surface area contributed by atoms with Crippen LogP contribution in [0.1, 0.15) is 24.0 Å². The van der Waals surface area contributed by atoms with Gasteiger partial charge in [0.05, 0.1) is 34.2 Å². The Bertz CT molecular complexity index is 764. The van der Waals surface area contributed by atoms with Crippen LogP contribution in [-0.4, -0.2) is 32.1 Å². The van der Waals surface area contributed by atoms with Crippen molar-refractivity contribution in [2.24, 2.45) is 17.8 Å². The molecule has 1 aliphatic heterocycles. The van der Waals surface area contributed by atoms with Gasteiger partial charge in [-0.1, -0.05) is 0 Å². The number of alkyl halides is 3. The molecule has 1 heterocycles. The van der Waals surface area contributed by atoms with Crippen LogP contribution in [0.2, 0.25) is 0 Å². The van der Waals surface area contributed by atoms with E-state index in [0.29, 0.717) is 6.42 Å². The lowest BCUT2D eigenvalue weighted by Crippen LogP contribution is -2.34. The van der Waals surface area contributed by atoms with Crippen LogP contribution in [0, 0.1) is 29.1 Å². The Morgan fingerprint density at radius 3 is 2.56 bits per heavy atom. The maximum absolute atomic E-state index is 13.2. The molecule has 0 amide bonds. The van der Waals surface area contributed by atoms with Crippen molar-refractivity contribution < 1.29 is 27.4 Å². The summed E-state index contributed by atoms with van der Waals surface area (Å²) in [6.07, 6.45) is -3.93. The second kappa shape index (κ2) is 5.27. The van der Waals surface area contributed by atoms with Crippen molar-refractivity contribution in [3.63, 3.8) is 0 Å². The Balaban J connectivity index is 1.73. The number of aliphatic hydroxyl groups is 1. The lowest BCUT2D eigenvalue weighted by atomic mass is 9.86. The molecule has 3 aliphatic rings. The molecular weight excluding hydrogens is 357 g/mol. The quantitative estimate of drug-likeness (QED) is 0.701. The van der Waals surface area contributed by atoms with Gasteiger partial charge in [-0.05, 0) is 42.9 Å². The molecule has 9 heteroatoms. The van der Waals surface area contributed by atoms with Crippen LogP contribution in [0.25, 0.3) is 0 Å². The Morgan fingerprint density at radius 1 is 1.20 bits per heavy atom. The number of nitriles is 1. The molecule has 4 rings (SSSR count). The molecule has 1 aromatic rings. The van der Waals surface area contributed by atoms with Crippen LogP contribution < -0.4 is 4.31 Å². The maximum atomic E-state index is 13.2. The van der Waals surface area contributed by atoms with Gasteiger partial charge in [0.15, 0.2) is 0 Å². The molecule has 0 unspecified atom stereocenters. The van der Waals surface area contributed by atoms with Crippen molar-refractivity contribution in [3.8, 4) is 6.07 Å². The highest BCUT2D eigenvalue weighted by atomic mass is 32.3. The molecule has 3 fully saturated rings. The van der Waals surface area contributed by atoms with Crippen LogP contribution >= 0.6 is 10.8 Å². The highest BCUT2D eigenvalue weighted by molar-refractivity contribution is 8.26. The summed E-state index contributed by atoms with van der Waals surface area (Å²) in [5, 5.41) is 18.5. The van der Waals surface area contributed by atoms with E-state index in [1.165, 1.54) is 16.4 Å². The summed E-state index contributed by atoms with van der Waals surface area (Å²) < 4.78 is 62.3. The standard InChI is InChI=1S/C16H17F3N2O3S/c17-16(18,19)13-5-10(2-1-8(13)6-20)21-7-12-11-3-9(4-14(11)22)15(12)25(21,23)24/h1-2,5,9,11-12,14-15,22-24H,3-4,7H2/t9-,11-,12-,14+,15+/m0/s1. The van der Waals surface area contributed by atoms with Gasteiger partial charge >= 0.3 is 6.18 Å². The molecule has 2 aliphatic carbocycles. The zero-order chi connectivity index (χ0) is 18.1.